The van der Waals surface area contributed by atoms with E-state index in [0.29, 0.717) is 17.9 Å². The van der Waals surface area contributed by atoms with Gasteiger partial charge in [0.2, 0.25) is 0 Å². The number of rotatable bonds is 6. The molecular weight excluding hydrogens is 284 g/mol. The minimum Gasteiger partial charge on any atom is -0.368 e. The molecule has 1 aromatic carbocycles. The Bertz CT molecular complexity index is 632. The van der Waals surface area contributed by atoms with Crippen molar-refractivity contribution in [3.05, 3.63) is 52.2 Å². The number of carbonyl (C=O) groups excluding carboxylic acids is 1. The van der Waals surface area contributed by atoms with E-state index in [9.17, 15) is 4.79 Å². The molecule has 0 saturated heterocycles. The summed E-state index contributed by atoms with van der Waals surface area (Å²) in [6.07, 6.45) is 0.273. The molecule has 0 radical (unpaired) electrons. The Kier molecular flexibility index (Phi) is 5.50. The number of nitrogens with one attached hydrogen (secondary N) is 1. The van der Waals surface area contributed by atoms with Crippen molar-refractivity contribution in [3.8, 4) is 6.07 Å². The zero-order valence-electron chi connectivity index (χ0n) is 11.7. The van der Waals surface area contributed by atoms with Gasteiger partial charge in [0.25, 0.3) is 5.91 Å². The number of benzene rings is 1. The summed E-state index contributed by atoms with van der Waals surface area (Å²) in [5.41, 5.74) is 1.12. The lowest BCUT2D eigenvalue weighted by Crippen LogP contribution is -2.28. The number of ether oxygens (including phenoxy) is 1. The summed E-state index contributed by atoms with van der Waals surface area (Å²) in [5.74, 6) is -0.212. The summed E-state index contributed by atoms with van der Waals surface area (Å²) in [4.78, 5) is 13.2. The first kappa shape index (κ1) is 15.2. The van der Waals surface area contributed by atoms with E-state index < -0.39 is 6.10 Å². The van der Waals surface area contributed by atoms with Gasteiger partial charge >= 0.3 is 0 Å². The van der Waals surface area contributed by atoms with Crippen molar-refractivity contribution < 1.29 is 9.53 Å². The van der Waals surface area contributed by atoms with Crippen molar-refractivity contribution in [3.63, 3.8) is 0 Å². The molecule has 0 saturated carbocycles. The maximum Gasteiger partial charge on any atom is 0.253 e. The van der Waals surface area contributed by atoms with Crippen LogP contribution in [0.15, 0.2) is 41.8 Å². The number of amides is 1. The molecule has 0 aliphatic carbocycles. The lowest BCUT2D eigenvalue weighted by Gasteiger charge is -2.13. The van der Waals surface area contributed by atoms with E-state index in [2.05, 4.69) is 5.32 Å². The Morgan fingerprint density at radius 2 is 2.29 bits per heavy atom. The lowest BCUT2D eigenvalue weighted by molar-refractivity contribution is -0.126. The minimum absolute atomic E-state index is 0.212. The van der Waals surface area contributed by atoms with Crippen LogP contribution in [0.4, 0.5) is 5.69 Å². The van der Waals surface area contributed by atoms with Gasteiger partial charge in [0.05, 0.1) is 18.2 Å². The molecule has 1 atom stereocenters. The third kappa shape index (κ3) is 4.71. The average Bonchev–Trinajstić information content (AvgIpc) is 3.00. The van der Waals surface area contributed by atoms with E-state index >= 15 is 0 Å². The molecule has 21 heavy (non-hydrogen) atoms. The van der Waals surface area contributed by atoms with E-state index in [1.54, 1.807) is 42.5 Å². The number of nitriles is 1. The number of carbonyl (C=O) groups is 1. The fourth-order valence-electron chi connectivity index (χ4n) is 1.78. The van der Waals surface area contributed by atoms with Gasteiger partial charge in [-0.05, 0) is 36.6 Å². The summed E-state index contributed by atoms with van der Waals surface area (Å²) < 4.78 is 5.54. The number of hydrogen-bond donors (Lipinski definition) is 1. The van der Waals surface area contributed by atoms with E-state index in [-0.39, 0.29) is 5.91 Å². The molecule has 0 aliphatic heterocycles. The van der Waals surface area contributed by atoms with Crippen LogP contribution in [0, 0.1) is 11.3 Å². The first-order valence-electron chi connectivity index (χ1n) is 6.64. The lowest BCUT2D eigenvalue weighted by atomic mass is 10.2. The zero-order chi connectivity index (χ0) is 15.1. The van der Waals surface area contributed by atoms with Gasteiger partial charge in [-0.15, -0.1) is 11.3 Å². The number of anilines is 1. The molecule has 0 aliphatic rings. The molecule has 1 unspecified atom stereocenters. The van der Waals surface area contributed by atoms with Crippen LogP contribution >= 0.6 is 11.3 Å². The standard InChI is InChI=1S/C16H16N2O2S/c1-12(20-8-7-15-6-3-9-21-15)16(19)18-14-5-2-4-13(10-14)11-17/h2-6,9-10,12H,7-8H2,1H3,(H,18,19). The summed E-state index contributed by atoms with van der Waals surface area (Å²) in [6.45, 7) is 2.23. The van der Waals surface area contributed by atoms with Gasteiger partial charge in [-0.2, -0.15) is 5.26 Å². The molecule has 5 heteroatoms. The molecule has 0 bridgehead atoms. The SMILES string of the molecule is CC(OCCc1cccs1)C(=O)Nc1cccc(C#N)c1. The van der Waals surface area contributed by atoms with Crippen molar-refractivity contribution in [1.82, 2.24) is 0 Å². The number of hydrogen-bond acceptors (Lipinski definition) is 4. The van der Waals surface area contributed by atoms with Crippen molar-refractivity contribution in [2.75, 3.05) is 11.9 Å². The molecule has 2 aromatic rings. The Labute approximate surface area is 128 Å². The van der Waals surface area contributed by atoms with Crippen LogP contribution in [0.3, 0.4) is 0 Å². The summed E-state index contributed by atoms with van der Waals surface area (Å²) in [7, 11) is 0. The highest BCUT2D eigenvalue weighted by Gasteiger charge is 2.13. The van der Waals surface area contributed by atoms with Crippen LogP contribution in [0.1, 0.15) is 17.4 Å². The van der Waals surface area contributed by atoms with Gasteiger partial charge < -0.3 is 10.1 Å². The summed E-state index contributed by atoms with van der Waals surface area (Å²) in [5, 5.41) is 13.6. The van der Waals surface area contributed by atoms with Gasteiger partial charge in [-0.25, -0.2) is 0 Å². The Morgan fingerprint density at radius 1 is 1.43 bits per heavy atom. The second-order valence-electron chi connectivity index (χ2n) is 4.52. The van der Waals surface area contributed by atoms with Gasteiger partial charge in [-0.3, -0.25) is 4.79 Å². The highest BCUT2D eigenvalue weighted by atomic mass is 32.1. The van der Waals surface area contributed by atoms with Crippen LogP contribution in [-0.4, -0.2) is 18.6 Å². The average molecular weight is 300 g/mol. The van der Waals surface area contributed by atoms with Crippen LogP contribution in [0.25, 0.3) is 0 Å². The third-order valence-corrected chi connectivity index (χ3v) is 3.86. The quantitative estimate of drug-likeness (QED) is 0.891. The molecule has 1 aromatic heterocycles. The highest BCUT2D eigenvalue weighted by Crippen LogP contribution is 2.12. The van der Waals surface area contributed by atoms with E-state index in [0.717, 1.165) is 6.42 Å². The zero-order valence-corrected chi connectivity index (χ0v) is 12.5. The molecule has 0 spiro atoms. The van der Waals surface area contributed by atoms with Gasteiger partial charge in [0.1, 0.15) is 6.10 Å². The highest BCUT2D eigenvalue weighted by molar-refractivity contribution is 7.09. The Morgan fingerprint density at radius 3 is 3.00 bits per heavy atom. The smallest absolute Gasteiger partial charge is 0.253 e. The predicted octanol–water partition coefficient (Wildman–Crippen LogP) is 3.21. The molecule has 1 amide bonds. The maximum absolute atomic E-state index is 12.0. The molecule has 108 valence electrons. The van der Waals surface area contributed by atoms with Crippen molar-refractivity contribution >= 4 is 22.9 Å². The molecule has 2 rings (SSSR count). The number of thiophene rings is 1. The van der Waals surface area contributed by atoms with E-state index in [1.807, 2.05) is 23.6 Å². The van der Waals surface area contributed by atoms with Crippen LogP contribution in [0.2, 0.25) is 0 Å². The van der Waals surface area contributed by atoms with Crippen LogP contribution < -0.4 is 5.32 Å². The van der Waals surface area contributed by atoms with Crippen LogP contribution in [0.5, 0.6) is 0 Å². The number of nitrogens with zero attached hydrogens (tertiary/aromatic N) is 1. The van der Waals surface area contributed by atoms with Crippen LogP contribution in [-0.2, 0) is 16.0 Å². The first-order chi connectivity index (χ1) is 10.2. The predicted molar refractivity (Wildman–Crippen MR) is 83.2 cm³/mol. The monoisotopic (exact) mass is 300 g/mol. The van der Waals surface area contributed by atoms with Gasteiger partial charge in [0.15, 0.2) is 0 Å². The third-order valence-electron chi connectivity index (χ3n) is 2.92. The Hall–Kier alpha value is -2.16. The van der Waals surface area contributed by atoms with E-state index in [4.69, 9.17) is 10.00 Å². The molecule has 1 N–H and O–H groups in total. The fourth-order valence-corrected chi connectivity index (χ4v) is 2.47. The topological polar surface area (TPSA) is 62.1 Å². The second kappa shape index (κ2) is 7.58. The van der Waals surface area contributed by atoms with Gasteiger partial charge in [-0.1, -0.05) is 12.1 Å². The van der Waals surface area contributed by atoms with E-state index in [1.165, 1.54) is 4.88 Å². The maximum atomic E-state index is 12.0. The largest absolute Gasteiger partial charge is 0.368 e. The fraction of sp³-hybridized carbons (Fsp3) is 0.250. The Balaban J connectivity index is 1.80. The second-order valence-corrected chi connectivity index (χ2v) is 5.56. The summed E-state index contributed by atoms with van der Waals surface area (Å²) >= 11 is 1.68. The van der Waals surface area contributed by atoms with Gasteiger partial charge in [0, 0.05) is 17.0 Å². The van der Waals surface area contributed by atoms with Crippen molar-refractivity contribution in [1.29, 1.82) is 5.26 Å². The minimum atomic E-state index is -0.532. The first-order valence-corrected chi connectivity index (χ1v) is 7.52. The molecule has 0 fully saturated rings. The summed E-state index contributed by atoms with van der Waals surface area (Å²) in [6, 6.07) is 12.9. The van der Waals surface area contributed by atoms with Crippen molar-refractivity contribution in [2.24, 2.45) is 0 Å². The molecule has 1 heterocycles. The molecular formula is C16H16N2O2S. The van der Waals surface area contributed by atoms with Crippen molar-refractivity contribution in [2.45, 2.75) is 19.4 Å². The molecule has 4 nitrogen and oxygen atoms in total. The normalized spacial score (nSPS) is 11.6.